The summed E-state index contributed by atoms with van der Waals surface area (Å²) in [7, 11) is 0. The molecule has 0 bridgehead atoms. The Balaban J connectivity index is 1.59. The fourth-order valence-corrected chi connectivity index (χ4v) is 4.45. The Morgan fingerprint density at radius 2 is 1.44 bits per heavy atom. The molecular weight excluding hydrogens is 447 g/mol. The monoisotopic (exact) mass is 469 g/mol. The van der Waals surface area contributed by atoms with Crippen LogP contribution in [0.1, 0.15) is 40.5 Å². The average molecular weight is 469 g/mol. The number of hydrogen-bond acceptors (Lipinski definition) is 4. The van der Waals surface area contributed by atoms with Crippen LogP contribution in [0.3, 0.4) is 0 Å². The van der Waals surface area contributed by atoms with Crippen molar-refractivity contribution >= 4 is 11.9 Å². The van der Waals surface area contributed by atoms with Crippen molar-refractivity contribution in [3.63, 3.8) is 0 Å². The predicted octanol–water partition coefficient (Wildman–Crippen LogP) is 4.95. The quantitative estimate of drug-likeness (QED) is 0.478. The Hall–Kier alpha value is -3.65. The molecule has 0 radical (unpaired) electrons. The van der Waals surface area contributed by atoms with Gasteiger partial charge in [-0.05, 0) is 39.9 Å². The van der Waals surface area contributed by atoms with Gasteiger partial charge in [0.15, 0.2) is 0 Å². The molecule has 2 atom stereocenters. The first-order valence-electron chi connectivity index (χ1n) is 10.7. The number of carboxylic acids is 1. The Bertz CT molecular complexity index is 1160. The number of nitrogens with two attached hydrogens (primary N) is 1. The summed E-state index contributed by atoms with van der Waals surface area (Å²) in [5.74, 6) is -3.46. The lowest BCUT2D eigenvalue weighted by Gasteiger charge is -2.23. The van der Waals surface area contributed by atoms with Gasteiger partial charge in [-0.3, -0.25) is 9.59 Å². The van der Waals surface area contributed by atoms with Crippen molar-refractivity contribution in [3.8, 4) is 11.1 Å². The van der Waals surface area contributed by atoms with Gasteiger partial charge in [-0.1, -0.05) is 60.7 Å². The standard InChI is InChI=1S/C26H22F3NO4/c27-26(28,29)16-11-9-15(10-12-16)24(22(30)13-23(31)32)25(33)34-14-21-19-7-3-1-5-17(19)18-6-2-4-8-20(18)21/h1-12,21-22,24H,13-14,30H2,(H,31,32)/t22-,24-/m1/s1. The van der Waals surface area contributed by atoms with Gasteiger partial charge in [-0.25, -0.2) is 0 Å². The second-order valence-corrected chi connectivity index (χ2v) is 8.22. The molecular formula is C26H22F3NO4. The molecule has 0 aliphatic heterocycles. The number of halogens is 3. The molecule has 8 heteroatoms. The normalized spacial score (nSPS) is 14.7. The van der Waals surface area contributed by atoms with Crippen LogP contribution in [0.5, 0.6) is 0 Å². The van der Waals surface area contributed by atoms with Gasteiger partial charge >= 0.3 is 18.1 Å². The Morgan fingerprint density at radius 3 is 1.94 bits per heavy atom. The molecule has 0 heterocycles. The summed E-state index contributed by atoms with van der Waals surface area (Å²) in [6.45, 7) is -0.0101. The van der Waals surface area contributed by atoms with Crippen LogP contribution in [0.2, 0.25) is 0 Å². The van der Waals surface area contributed by atoms with Gasteiger partial charge in [-0.2, -0.15) is 13.2 Å². The molecule has 1 aliphatic rings. The van der Waals surface area contributed by atoms with E-state index < -0.39 is 42.1 Å². The van der Waals surface area contributed by atoms with E-state index in [0.29, 0.717) is 0 Å². The highest BCUT2D eigenvalue weighted by molar-refractivity contribution is 5.82. The number of benzene rings is 3. The van der Waals surface area contributed by atoms with E-state index in [0.717, 1.165) is 46.5 Å². The molecule has 0 saturated heterocycles. The first-order chi connectivity index (χ1) is 16.2. The molecule has 3 aromatic carbocycles. The van der Waals surface area contributed by atoms with Crippen molar-refractivity contribution in [1.29, 1.82) is 0 Å². The molecule has 4 rings (SSSR count). The van der Waals surface area contributed by atoms with E-state index in [9.17, 15) is 22.8 Å². The van der Waals surface area contributed by atoms with Crippen LogP contribution < -0.4 is 5.73 Å². The fraction of sp³-hybridized carbons (Fsp3) is 0.231. The smallest absolute Gasteiger partial charge is 0.416 e. The van der Waals surface area contributed by atoms with E-state index in [1.807, 2.05) is 48.5 Å². The van der Waals surface area contributed by atoms with Crippen LogP contribution in [0.15, 0.2) is 72.8 Å². The number of hydrogen-bond donors (Lipinski definition) is 2. The second kappa shape index (κ2) is 9.30. The average Bonchev–Trinajstić information content (AvgIpc) is 3.11. The van der Waals surface area contributed by atoms with E-state index in [4.69, 9.17) is 15.6 Å². The van der Waals surface area contributed by atoms with Crippen molar-refractivity contribution < 1.29 is 32.6 Å². The van der Waals surface area contributed by atoms with E-state index in [2.05, 4.69) is 0 Å². The number of carboxylic acid groups (broad SMARTS) is 1. The summed E-state index contributed by atoms with van der Waals surface area (Å²) in [6, 6.07) is 18.3. The van der Waals surface area contributed by atoms with Crippen LogP contribution in [-0.4, -0.2) is 29.7 Å². The van der Waals surface area contributed by atoms with Crippen molar-refractivity contribution in [2.45, 2.75) is 30.5 Å². The molecule has 0 amide bonds. The van der Waals surface area contributed by atoms with Gasteiger partial charge in [0.05, 0.1) is 17.9 Å². The highest BCUT2D eigenvalue weighted by Crippen LogP contribution is 2.44. The Labute approximate surface area is 194 Å². The first-order valence-corrected chi connectivity index (χ1v) is 10.7. The zero-order valence-electron chi connectivity index (χ0n) is 18.0. The van der Waals surface area contributed by atoms with Gasteiger partial charge in [0.25, 0.3) is 0 Å². The minimum absolute atomic E-state index is 0.0101. The predicted molar refractivity (Wildman–Crippen MR) is 119 cm³/mol. The van der Waals surface area contributed by atoms with E-state index in [1.165, 1.54) is 0 Å². The second-order valence-electron chi connectivity index (χ2n) is 8.22. The third kappa shape index (κ3) is 4.68. The lowest BCUT2D eigenvalue weighted by molar-refractivity contribution is -0.146. The largest absolute Gasteiger partial charge is 0.481 e. The van der Waals surface area contributed by atoms with Gasteiger partial charge < -0.3 is 15.6 Å². The zero-order valence-corrected chi connectivity index (χ0v) is 18.0. The maximum Gasteiger partial charge on any atom is 0.416 e. The lowest BCUT2D eigenvalue weighted by Crippen LogP contribution is -2.37. The SMILES string of the molecule is N[C@H](CC(=O)O)[C@H](C(=O)OCC1c2ccccc2-c2ccccc21)c1ccc(C(F)(F)F)cc1. The van der Waals surface area contributed by atoms with E-state index in [1.54, 1.807) is 0 Å². The number of ether oxygens (including phenoxy) is 1. The van der Waals surface area contributed by atoms with Crippen LogP contribution in [0.25, 0.3) is 11.1 Å². The molecule has 5 nitrogen and oxygen atoms in total. The first kappa shape index (κ1) is 23.5. The van der Waals surface area contributed by atoms with Gasteiger partial charge in [0.2, 0.25) is 0 Å². The van der Waals surface area contributed by atoms with Crippen molar-refractivity contribution in [2.24, 2.45) is 5.73 Å². The maximum absolute atomic E-state index is 13.1. The summed E-state index contributed by atoms with van der Waals surface area (Å²) in [6.07, 6.45) is -5.09. The van der Waals surface area contributed by atoms with Crippen LogP contribution in [0.4, 0.5) is 13.2 Å². The highest BCUT2D eigenvalue weighted by Gasteiger charge is 2.35. The number of esters is 1. The summed E-state index contributed by atoms with van der Waals surface area (Å²) in [5.41, 5.74) is 9.37. The van der Waals surface area contributed by atoms with E-state index in [-0.39, 0.29) is 18.1 Å². The molecule has 176 valence electrons. The summed E-state index contributed by atoms with van der Waals surface area (Å²) in [4.78, 5) is 24.3. The maximum atomic E-state index is 13.1. The van der Waals surface area contributed by atoms with Crippen LogP contribution >= 0.6 is 0 Å². The van der Waals surface area contributed by atoms with Gasteiger partial charge in [-0.15, -0.1) is 0 Å². The number of fused-ring (bicyclic) bond motifs is 3. The number of carbonyl (C=O) groups is 2. The van der Waals surface area contributed by atoms with Gasteiger partial charge in [0.1, 0.15) is 6.61 Å². The molecule has 0 aromatic heterocycles. The molecule has 0 spiro atoms. The zero-order chi connectivity index (χ0) is 24.5. The molecule has 0 unspecified atom stereocenters. The molecule has 1 aliphatic carbocycles. The highest BCUT2D eigenvalue weighted by atomic mass is 19.4. The Morgan fingerprint density at radius 1 is 0.912 bits per heavy atom. The van der Waals surface area contributed by atoms with Crippen molar-refractivity contribution in [1.82, 2.24) is 0 Å². The number of aliphatic carboxylic acids is 1. The van der Waals surface area contributed by atoms with Crippen molar-refractivity contribution in [2.75, 3.05) is 6.61 Å². The Kier molecular flexibility index (Phi) is 6.43. The molecule has 3 aromatic rings. The minimum Gasteiger partial charge on any atom is -0.481 e. The fourth-order valence-electron chi connectivity index (χ4n) is 4.45. The molecule has 3 N–H and O–H groups in total. The van der Waals surface area contributed by atoms with E-state index >= 15 is 0 Å². The number of alkyl halides is 3. The molecule has 0 fully saturated rings. The topological polar surface area (TPSA) is 89.6 Å². The summed E-state index contributed by atoms with van der Waals surface area (Å²) >= 11 is 0. The minimum atomic E-state index is -4.54. The summed E-state index contributed by atoms with van der Waals surface area (Å²) < 4.78 is 44.5. The van der Waals surface area contributed by atoms with Gasteiger partial charge in [0, 0.05) is 12.0 Å². The molecule has 0 saturated carbocycles. The van der Waals surface area contributed by atoms with Crippen LogP contribution in [-0.2, 0) is 20.5 Å². The van der Waals surface area contributed by atoms with Crippen molar-refractivity contribution in [3.05, 3.63) is 95.1 Å². The third-order valence-electron chi connectivity index (χ3n) is 6.04. The number of carbonyl (C=O) groups excluding carboxylic acids is 1. The number of rotatable bonds is 7. The lowest BCUT2D eigenvalue weighted by atomic mass is 9.89. The molecule has 34 heavy (non-hydrogen) atoms. The van der Waals surface area contributed by atoms with Crippen LogP contribution in [0, 0.1) is 0 Å². The third-order valence-corrected chi connectivity index (χ3v) is 6.04. The summed E-state index contributed by atoms with van der Waals surface area (Å²) in [5, 5.41) is 9.15.